The number of carbonyl (C=O) groups excluding carboxylic acids is 2. The summed E-state index contributed by atoms with van der Waals surface area (Å²) in [5.74, 6) is -1.43. The molecule has 116 valence electrons. The van der Waals surface area contributed by atoms with Gasteiger partial charge >= 0.3 is 5.97 Å². The Morgan fingerprint density at radius 3 is 2.82 bits per heavy atom. The molecule has 1 fully saturated rings. The monoisotopic (exact) mass is 366 g/mol. The highest BCUT2D eigenvalue weighted by atomic mass is 79.9. The summed E-state index contributed by atoms with van der Waals surface area (Å²) in [7, 11) is 0. The number of benzene rings is 1. The first-order valence-electron chi connectivity index (χ1n) is 6.73. The van der Waals surface area contributed by atoms with Gasteiger partial charge in [-0.1, -0.05) is 15.9 Å². The molecule has 1 aliphatic carbocycles. The molecule has 7 heteroatoms. The molecule has 1 aliphatic rings. The number of hydrogen-bond acceptors (Lipinski definition) is 5. The van der Waals surface area contributed by atoms with Gasteiger partial charge in [0.2, 0.25) is 0 Å². The number of nitriles is 1. The maximum atomic E-state index is 11.9. The molecule has 1 aromatic rings. The lowest BCUT2D eigenvalue weighted by Gasteiger charge is -2.22. The van der Waals surface area contributed by atoms with Crippen LogP contribution in [0.1, 0.15) is 30.1 Å². The molecule has 6 nitrogen and oxygen atoms in total. The van der Waals surface area contributed by atoms with Crippen molar-refractivity contribution in [3.8, 4) is 11.8 Å². The zero-order chi connectivity index (χ0) is 16.3. The largest absolute Gasteiger partial charge is 0.507 e. The summed E-state index contributed by atoms with van der Waals surface area (Å²) >= 11 is 3.18. The molecule has 0 unspecified atom stereocenters. The third kappa shape index (κ3) is 3.77. The van der Waals surface area contributed by atoms with Crippen LogP contribution >= 0.6 is 15.9 Å². The van der Waals surface area contributed by atoms with Crippen molar-refractivity contribution < 1.29 is 19.4 Å². The number of esters is 1. The first kappa shape index (κ1) is 16.3. The molecular weight excluding hydrogens is 352 g/mol. The molecule has 2 rings (SSSR count). The number of amides is 1. The van der Waals surface area contributed by atoms with E-state index in [1.807, 2.05) is 0 Å². The predicted molar refractivity (Wildman–Crippen MR) is 81.0 cm³/mol. The van der Waals surface area contributed by atoms with Gasteiger partial charge in [0.15, 0.2) is 6.61 Å². The van der Waals surface area contributed by atoms with E-state index in [0.717, 1.165) is 12.8 Å². The van der Waals surface area contributed by atoms with Crippen molar-refractivity contribution in [2.75, 3.05) is 6.61 Å². The number of nitrogens with zero attached hydrogens (tertiary/aromatic N) is 1. The zero-order valence-electron chi connectivity index (χ0n) is 11.9. The van der Waals surface area contributed by atoms with Crippen molar-refractivity contribution in [2.45, 2.75) is 25.3 Å². The Kier molecular flexibility index (Phi) is 4.71. The second kappa shape index (κ2) is 6.36. The molecule has 1 amide bonds. The number of rotatable bonds is 5. The second-order valence-corrected chi connectivity index (χ2v) is 6.29. The van der Waals surface area contributed by atoms with Crippen LogP contribution in [-0.2, 0) is 9.53 Å². The fourth-order valence-electron chi connectivity index (χ4n) is 2.09. The van der Waals surface area contributed by atoms with Gasteiger partial charge in [-0.25, -0.2) is 4.79 Å². The van der Waals surface area contributed by atoms with Gasteiger partial charge in [0.05, 0.1) is 6.07 Å². The van der Waals surface area contributed by atoms with E-state index in [2.05, 4.69) is 27.3 Å². The van der Waals surface area contributed by atoms with Crippen molar-refractivity contribution in [3.63, 3.8) is 0 Å². The zero-order valence-corrected chi connectivity index (χ0v) is 13.5. The van der Waals surface area contributed by atoms with Crippen LogP contribution in [0.5, 0.6) is 5.75 Å². The van der Waals surface area contributed by atoms with E-state index in [1.54, 1.807) is 13.0 Å². The van der Waals surface area contributed by atoms with Crippen LogP contribution in [-0.4, -0.2) is 29.1 Å². The standard InChI is InChI=1S/C15H15BrN2O4/c1-15(8-17,9-2-3-9)18-13(20)7-22-14(21)11-6-10(16)4-5-12(11)19/h4-6,9,19H,2-3,7H2,1H3,(H,18,20)/t15-/m1/s1. The average molecular weight is 367 g/mol. The van der Waals surface area contributed by atoms with Gasteiger partial charge in [0, 0.05) is 4.47 Å². The molecule has 22 heavy (non-hydrogen) atoms. The fourth-order valence-corrected chi connectivity index (χ4v) is 2.45. The average Bonchev–Trinajstić information content (AvgIpc) is 3.32. The van der Waals surface area contributed by atoms with Crippen molar-refractivity contribution in [3.05, 3.63) is 28.2 Å². The minimum atomic E-state index is -0.929. The molecular formula is C15H15BrN2O4. The molecule has 0 aromatic heterocycles. The van der Waals surface area contributed by atoms with E-state index < -0.39 is 24.0 Å². The quantitative estimate of drug-likeness (QED) is 0.777. The number of hydrogen-bond donors (Lipinski definition) is 2. The molecule has 0 saturated heterocycles. The number of halogens is 1. The van der Waals surface area contributed by atoms with Gasteiger partial charge in [-0.2, -0.15) is 5.26 Å². The Balaban J connectivity index is 1.92. The van der Waals surface area contributed by atoms with E-state index in [9.17, 15) is 14.7 Å². The SMILES string of the molecule is C[C@](C#N)(NC(=O)COC(=O)c1cc(Br)ccc1O)C1CC1. The van der Waals surface area contributed by atoms with Crippen LogP contribution in [0, 0.1) is 17.2 Å². The summed E-state index contributed by atoms with van der Waals surface area (Å²) in [5.41, 5.74) is -0.964. The second-order valence-electron chi connectivity index (χ2n) is 5.37. The van der Waals surface area contributed by atoms with Crippen molar-refractivity contribution in [2.24, 2.45) is 5.92 Å². The highest BCUT2D eigenvalue weighted by Crippen LogP contribution is 2.39. The molecule has 2 N–H and O–H groups in total. The highest BCUT2D eigenvalue weighted by molar-refractivity contribution is 9.10. The van der Waals surface area contributed by atoms with Gasteiger partial charge in [-0.05, 0) is 43.9 Å². The minimum Gasteiger partial charge on any atom is -0.507 e. The predicted octanol–water partition coefficient (Wildman–Crippen LogP) is 2.12. The molecule has 0 bridgehead atoms. The van der Waals surface area contributed by atoms with Gasteiger partial charge in [-0.3, -0.25) is 4.79 Å². The first-order chi connectivity index (χ1) is 10.4. The van der Waals surface area contributed by atoms with Crippen molar-refractivity contribution in [1.82, 2.24) is 5.32 Å². The highest BCUT2D eigenvalue weighted by Gasteiger charge is 2.43. The van der Waals surface area contributed by atoms with E-state index in [1.165, 1.54) is 12.1 Å². The number of phenolic OH excluding ortho intramolecular Hbond substituents is 1. The van der Waals surface area contributed by atoms with Gasteiger partial charge in [-0.15, -0.1) is 0 Å². The summed E-state index contributed by atoms with van der Waals surface area (Å²) in [6.07, 6.45) is 1.80. The summed E-state index contributed by atoms with van der Waals surface area (Å²) in [6, 6.07) is 6.41. The summed E-state index contributed by atoms with van der Waals surface area (Å²) < 4.78 is 5.48. The maximum Gasteiger partial charge on any atom is 0.342 e. The lowest BCUT2D eigenvalue weighted by atomic mass is 9.98. The van der Waals surface area contributed by atoms with E-state index >= 15 is 0 Å². The molecule has 0 heterocycles. The van der Waals surface area contributed by atoms with Crippen LogP contribution in [0.2, 0.25) is 0 Å². The summed E-state index contributed by atoms with van der Waals surface area (Å²) in [6.45, 7) is 1.15. The number of nitrogens with one attached hydrogen (secondary N) is 1. The third-order valence-corrected chi connectivity index (χ3v) is 4.03. The number of phenols is 1. The number of aromatic hydroxyl groups is 1. The molecule has 1 aromatic carbocycles. The van der Waals surface area contributed by atoms with Crippen molar-refractivity contribution in [1.29, 1.82) is 5.26 Å². The van der Waals surface area contributed by atoms with Crippen molar-refractivity contribution >= 4 is 27.8 Å². The molecule has 0 aliphatic heterocycles. The minimum absolute atomic E-state index is 0.0348. The molecule has 1 atom stereocenters. The Morgan fingerprint density at radius 2 is 2.23 bits per heavy atom. The Hall–Kier alpha value is -2.07. The lowest BCUT2D eigenvalue weighted by Crippen LogP contribution is -2.48. The van der Waals surface area contributed by atoms with Crippen LogP contribution in [0.3, 0.4) is 0 Å². The number of ether oxygens (including phenoxy) is 1. The van der Waals surface area contributed by atoms with Crippen LogP contribution in [0.25, 0.3) is 0 Å². The molecule has 0 radical (unpaired) electrons. The Labute approximate surface area is 136 Å². The topological polar surface area (TPSA) is 99.4 Å². The molecule has 0 spiro atoms. The maximum absolute atomic E-state index is 11.9. The van der Waals surface area contributed by atoms with Crippen LogP contribution < -0.4 is 5.32 Å². The van der Waals surface area contributed by atoms with Crippen LogP contribution in [0.15, 0.2) is 22.7 Å². The molecule has 1 saturated carbocycles. The lowest BCUT2D eigenvalue weighted by molar-refractivity contribution is -0.125. The summed E-state index contributed by atoms with van der Waals surface area (Å²) in [5, 5.41) is 21.4. The van der Waals surface area contributed by atoms with E-state index in [0.29, 0.717) is 4.47 Å². The van der Waals surface area contributed by atoms with Gasteiger partial charge in [0.1, 0.15) is 16.9 Å². The normalized spacial score (nSPS) is 16.2. The van der Waals surface area contributed by atoms with E-state index in [4.69, 9.17) is 10.00 Å². The smallest absolute Gasteiger partial charge is 0.342 e. The van der Waals surface area contributed by atoms with E-state index in [-0.39, 0.29) is 17.2 Å². The fraction of sp³-hybridized carbons (Fsp3) is 0.400. The first-order valence-corrected chi connectivity index (χ1v) is 7.53. The van der Waals surface area contributed by atoms with Gasteiger partial charge < -0.3 is 15.2 Å². The Bertz CT molecular complexity index is 651. The Morgan fingerprint density at radius 1 is 1.55 bits per heavy atom. The summed E-state index contributed by atoms with van der Waals surface area (Å²) in [4.78, 5) is 23.7. The van der Waals surface area contributed by atoms with Gasteiger partial charge in [0.25, 0.3) is 5.91 Å². The van der Waals surface area contributed by atoms with Crippen LogP contribution in [0.4, 0.5) is 0 Å². The third-order valence-electron chi connectivity index (χ3n) is 3.54. The number of carbonyl (C=O) groups is 2.